The fourth-order valence-electron chi connectivity index (χ4n) is 4.73. The minimum Gasteiger partial charge on any atom is -0.315 e. The van der Waals surface area contributed by atoms with Gasteiger partial charge < -0.3 is 5.32 Å². The first kappa shape index (κ1) is 22.6. The molecule has 0 spiro atoms. The highest BCUT2D eigenvalue weighted by molar-refractivity contribution is 7.14. The number of nitrogens with one attached hydrogen (secondary N) is 1. The van der Waals surface area contributed by atoms with Crippen LogP contribution in [0.15, 0.2) is 42.6 Å². The Morgan fingerprint density at radius 2 is 2.00 bits per heavy atom. The number of hydrogen-bond donors (Lipinski definition) is 1. The lowest BCUT2D eigenvalue weighted by atomic mass is 9.99. The van der Waals surface area contributed by atoms with Gasteiger partial charge in [0, 0.05) is 23.7 Å². The summed E-state index contributed by atoms with van der Waals surface area (Å²) in [6.07, 6.45) is 3.49. The second-order valence-corrected chi connectivity index (χ2v) is 9.99. The normalized spacial score (nSPS) is 16.1. The number of piperidine rings is 1. The van der Waals surface area contributed by atoms with E-state index in [4.69, 9.17) is 0 Å². The van der Waals surface area contributed by atoms with Crippen molar-refractivity contribution in [1.29, 1.82) is 0 Å². The Morgan fingerprint density at radius 1 is 1.15 bits per heavy atom. The molecule has 0 bridgehead atoms. The van der Waals surface area contributed by atoms with E-state index in [1.807, 2.05) is 19.9 Å². The summed E-state index contributed by atoms with van der Waals surface area (Å²) < 4.78 is 15.4. The van der Waals surface area contributed by atoms with Crippen molar-refractivity contribution < 1.29 is 9.18 Å². The number of rotatable bonds is 4. The van der Waals surface area contributed by atoms with Gasteiger partial charge in [-0.25, -0.2) is 9.37 Å². The number of aromatic nitrogens is 3. The van der Waals surface area contributed by atoms with Crippen molar-refractivity contribution in [2.75, 3.05) is 18.0 Å². The van der Waals surface area contributed by atoms with Crippen molar-refractivity contribution in [1.82, 2.24) is 20.5 Å². The SMILES string of the molecule is Cc1cc(C)c2c(N(C(=O)c3ccc(-c4nnc(C)s4)cc3F)C3CCCNC3)nccc2c1. The summed E-state index contributed by atoms with van der Waals surface area (Å²) in [5.74, 6) is -0.375. The summed E-state index contributed by atoms with van der Waals surface area (Å²) in [5.41, 5.74) is 2.83. The van der Waals surface area contributed by atoms with Crippen molar-refractivity contribution in [3.8, 4) is 10.6 Å². The molecule has 1 aliphatic rings. The highest BCUT2D eigenvalue weighted by Crippen LogP contribution is 2.33. The molecule has 2 aromatic carbocycles. The Kier molecular flexibility index (Phi) is 6.10. The molecule has 8 heteroatoms. The average molecular weight is 476 g/mol. The summed E-state index contributed by atoms with van der Waals surface area (Å²) in [4.78, 5) is 20.3. The Hall–Kier alpha value is -3.23. The van der Waals surface area contributed by atoms with E-state index in [9.17, 15) is 4.79 Å². The minimum atomic E-state index is -0.572. The van der Waals surface area contributed by atoms with Gasteiger partial charge in [-0.05, 0) is 69.3 Å². The van der Waals surface area contributed by atoms with Crippen molar-refractivity contribution >= 4 is 33.8 Å². The summed E-state index contributed by atoms with van der Waals surface area (Å²) in [6.45, 7) is 7.48. The molecule has 1 unspecified atom stereocenters. The number of carbonyl (C=O) groups excluding carboxylic acids is 1. The molecule has 1 amide bonds. The smallest absolute Gasteiger partial charge is 0.262 e. The molecular formula is C26H26FN5OS. The van der Waals surface area contributed by atoms with Crippen LogP contribution < -0.4 is 10.2 Å². The number of aryl methyl sites for hydroxylation is 3. The van der Waals surface area contributed by atoms with Gasteiger partial charge in [-0.3, -0.25) is 9.69 Å². The van der Waals surface area contributed by atoms with Crippen molar-refractivity contribution in [3.05, 3.63) is 70.1 Å². The number of benzene rings is 2. The molecule has 1 saturated heterocycles. The molecule has 2 aromatic heterocycles. The highest BCUT2D eigenvalue weighted by Gasteiger charge is 2.32. The molecular weight excluding hydrogens is 449 g/mol. The van der Waals surface area contributed by atoms with Crippen LogP contribution in [0.25, 0.3) is 21.3 Å². The monoisotopic (exact) mass is 475 g/mol. The van der Waals surface area contributed by atoms with Crippen LogP contribution in [0.1, 0.15) is 39.3 Å². The number of hydrogen-bond acceptors (Lipinski definition) is 6. The van der Waals surface area contributed by atoms with E-state index in [2.05, 4.69) is 39.6 Å². The van der Waals surface area contributed by atoms with Crippen molar-refractivity contribution in [2.45, 2.75) is 39.7 Å². The van der Waals surface area contributed by atoms with Gasteiger partial charge in [-0.1, -0.05) is 35.1 Å². The van der Waals surface area contributed by atoms with Crippen molar-refractivity contribution in [3.63, 3.8) is 0 Å². The third kappa shape index (κ3) is 4.19. The van der Waals surface area contributed by atoms with Gasteiger partial charge in [0.1, 0.15) is 21.7 Å². The molecule has 174 valence electrons. The van der Waals surface area contributed by atoms with Gasteiger partial charge in [0.15, 0.2) is 0 Å². The van der Waals surface area contributed by atoms with Crippen LogP contribution in [0, 0.1) is 26.6 Å². The quantitative estimate of drug-likeness (QED) is 0.438. The van der Waals surface area contributed by atoms with Gasteiger partial charge in [-0.15, -0.1) is 10.2 Å². The number of amides is 1. The van der Waals surface area contributed by atoms with Gasteiger partial charge in [0.25, 0.3) is 5.91 Å². The molecule has 6 nitrogen and oxygen atoms in total. The van der Waals surface area contributed by atoms with E-state index in [0.29, 0.717) is 22.9 Å². The molecule has 1 N–H and O–H groups in total. The van der Waals surface area contributed by atoms with Gasteiger partial charge >= 0.3 is 0 Å². The molecule has 1 fully saturated rings. The maximum absolute atomic E-state index is 15.4. The number of nitrogens with zero attached hydrogens (tertiary/aromatic N) is 4. The van der Waals surface area contributed by atoms with E-state index in [-0.39, 0.29) is 17.5 Å². The molecule has 5 rings (SSSR count). The first-order valence-corrected chi connectivity index (χ1v) is 12.2. The summed E-state index contributed by atoms with van der Waals surface area (Å²) >= 11 is 1.39. The van der Waals surface area contributed by atoms with E-state index >= 15 is 4.39 Å². The maximum Gasteiger partial charge on any atom is 0.262 e. The van der Waals surface area contributed by atoms with E-state index in [1.54, 1.807) is 23.2 Å². The minimum absolute atomic E-state index is 0.0270. The molecule has 3 heterocycles. The molecule has 0 radical (unpaired) electrons. The first-order valence-electron chi connectivity index (χ1n) is 11.4. The van der Waals surface area contributed by atoms with Crippen molar-refractivity contribution in [2.24, 2.45) is 0 Å². The fourth-order valence-corrected chi connectivity index (χ4v) is 5.41. The van der Waals surface area contributed by atoms with Crippen LogP contribution >= 0.6 is 11.3 Å². The topological polar surface area (TPSA) is 71.0 Å². The molecule has 1 aliphatic heterocycles. The lowest BCUT2D eigenvalue weighted by Crippen LogP contribution is -2.49. The second-order valence-electron chi connectivity index (χ2n) is 8.81. The van der Waals surface area contributed by atoms with Crippen LogP contribution in [0.2, 0.25) is 0 Å². The fraction of sp³-hybridized carbons (Fsp3) is 0.308. The highest BCUT2D eigenvalue weighted by atomic mass is 32.1. The Bertz CT molecular complexity index is 1380. The molecule has 34 heavy (non-hydrogen) atoms. The molecule has 4 aromatic rings. The Morgan fingerprint density at radius 3 is 2.71 bits per heavy atom. The molecule has 0 saturated carbocycles. The number of carbonyl (C=O) groups is 1. The molecule has 0 aliphatic carbocycles. The summed E-state index contributed by atoms with van der Waals surface area (Å²) in [5, 5.41) is 14.9. The van der Waals surface area contributed by atoms with Crippen LogP contribution in [0.5, 0.6) is 0 Å². The second kappa shape index (κ2) is 9.19. The largest absolute Gasteiger partial charge is 0.315 e. The van der Waals surface area contributed by atoms with Gasteiger partial charge in [0.05, 0.1) is 11.6 Å². The van der Waals surface area contributed by atoms with Crippen LogP contribution in [0.4, 0.5) is 10.2 Å². The van der Waals surface area contributed by atoms with E-state index in [0.717, 1.165) is 46.3 Å². The van der Waals surface area contributed by atoms with E-state index in [1.165, 1.54) is 17.4 Å². The zero-order valence-electron chi connectivity index (χ0n) is 19.4. The first-order chi connectivity index (χ1) is 16.4. The molecule has 1 atom stereocenters. The predicted octanol–water partition coefficient (Wildman–Crippen LogP) is 5.22. The van der Waals surface area contributed by atoms with Gasteiger partial charge in [-0.2, -0.15) is 0 Å². The number of fused-ring (bicyclic) bond motifs is 1. The van der Waals surface area contributed by atoms with Gasteiger partial charge in [0.2, 0.25) is 0 Å². The predicted molar refractivity (Wildman–Crippen MR) is 134 cm³/mol. The number of halogens is 1. The van der Waals surface area contributed by atoms with Crippen LogP contribution in [-0.2, 0) is 0 Å². The third-order valence-electron chi connectivity index (χ3n) is 6.24. The Balaban J connectivity index is 1.61. The lowest BCUT2D eigenvalue weighted by Gasteiger charge is -2.35. The number of anilines is 1. The standard InChI is InChI=1S/C26H26FN5OS/c1-15-11-16(2)23-18(12-15)8-10-29-24(23)32(20-5-4-9-28-14-20)26(33)21-7-6-19(13-22(21)27)25-31-30-17(3)34-25/h6-8,10-13,20,28H,4-5,9,14H2,1-3H3. The zero-order chi connectivity index (χ0) is 23.8. The Labute approximate surface area is 201 Å². The lowest BCUT2D eigenvalue weighted by molar-refractivity contribution is 0.0968. The van der Waals surface area contributed by atoms with E-state index < -0.39 is 5.82 Å². The maximum atomic E-state index is 15.4. The summed E-state index contributed by atoms with van der Waals surface area (Å²) in [7, 11) is 0. The third-order valence-corrected chi connectivity index (χ3v) is 7.13. The van der Waals surface area contributed by atoms with Crippen LogP contribution in [0.3, 0.4) is 0 Å². The zero-order valence-corrected chi connectivity index (χ0v) is 20.2. The summed E-state index contributed by atoms with van der Waals surface area (Å²) in [6, 6.07) is 10.7. The number of pyridine rings is 1. The average Bonchev–Trinajstić information content (AvgIpc) is 3.26. The van der Waals surface area contributed by atoms with Crippen LogP contribution in [-0.4, -0.2) is 40.2 Å².